The summed E-state index contributed by atoms with van der Waals surface area (Å²) in [6.07, 6.45) is 3.00. The summed E-state index contributed by atoms with van der Waals surface area (Å²) >= 11 is 0. The Kier molecular flexibility index (Phi) is 0.941. The third-order valence-electron chi connectivity index (χ3n) is 0.646. The van der Waals surface area contributed by atoms with Crippen LogP contribution >= 0.6 is 0 Å². The lowest BCUT2D eigenvalue weighted by Gasteiger charge is -1.81. The molecule has 0 saturated heterocycles. The second kappa shape index (κ2) is 1.60. The van der Waals surface area contributed by atoms with Gasteiger partial charge in [-0.15, -0.1) is 0 Å². The second-order valence-corrected chi connectivity index (χ2v) is 1.21. The molecule has 2 nitrogen and oxygen atoms in total. The first-order chi connectivity index (χ1) is 3.39. The van der Waals surface area contributed by atoms with Crippen molar-refractivity contribution in [1.82, 2.24) is 4.98 Å². The summed E-state index contributed by atoms with van der Waals surface area (Å²) in [7, 11) is 0. The number of pyridine rings is 1. The first-order valence-corrected chi connectivity index (χ1v) is 1.98. The van der Waals surface area contributed by atoms with Gasteiger partial charge in [0.05, 0.1) is 6.20 Å². The van der Waals surface area contributed by atoms with Crippen LogP contribution in [0.15, 0.2) is 24.5 Å². The van der Waals surface area contributed by atoms with Crippen LogP contribution in [0.4, 0.5) is 0 Å². The van der Waals surface area contributed by atoms with Gasteiger partial charge in [-0.25, -0.2) is 0 Å². The quantitative estimate of drug-likeness (QED) is 0.519. The molecule has 7 heavy (non-hydrogen) atoms. The molecule has 0 aliphatic rings. The van der Waals surface area contributed by atoms with Crippen molar-refractivity contribution >= 4 is 0 Å². The first-order valence-electron chi connectivity index (χ1n) is 1.98. The Morgan fingerprint density at radius 1 is 1.71 bits per heavy atom. The lowest BCUT2D eigenvalue weighted by atomic mass is 10.6. The minimum Gasteiger partial charge on any atom is -0.506 e. The third-order valence-corrected chi connectivity index (χ3v) is 0.646. The van der Waals surface area contributed by atoms with Crippen molar-refractivity contribution in [1.29, 1.82) is 0 Å². The standard InChI is InChI=1S/C5H5NO/c7-5-2-1-3-6-4-5/h1-4,7H/i4+2. The van der Waals surface area contributed by atoms with Gasteiger partial charge in [0.1, 0.15) is 5.75 Å². The SMILES string of the molecule is Oc1cccn[14cH]1. The van der Waals surface area contributed by atoms with Crippen molar-refractivity contribution in [3.63, 3.8) is 0 Å². The third kappa shape index (κ3) is 0.892. The first kappa shape index (κ1) is 4.12. The minimum absolute atomic E-state index is 0.211. The van der Waals surface area contributed by atoms with E-state index in [1.165, 1.54) is 6.20 Å². The van der Waals surface area contributed by atoms with Gasteiger partial charge in [0.25, 0.3) is 0 Å². The van der Waals surface area contributed by atoms with E-state index in [4.69, 9.17) is 5.11 Å². The molecule has 0 aromatic carbocycles. The van der Waals surface area contributed by atoms with Gasteiger partial charge in [0, 0.05) is 6.20 Å². The summed E-state index contributed by atoms with van der Waals surface area (Å²) in [6.45, 7) is 0. The van der Waals surface area contributed by atoms with Crippen LogP contribution in [0.3, 0.4) is 0 Å². The van der Waals surface area contributed by atoms with Gasteiger partial charge in [-0.2, -0.15) is 0 Å². The van der Waals surface area contributed by atoms with E-state index in [0.717, 1.165) is 0 Å². The summed E-state index contributed by atoms with van der Waals surface area (Å²) in [5.74, 6) is 0.211. The topological polar surface area (TPSA) is 33.1 Å². The van der Waals surface area contributed by atoms with Gasteiger partial charge in [-0.3, -0.25) is 4.98 Å². The zero-order valence-electron chi connectivity index (χ0n) is 3.70. The zero-order chi connectivity index (χ0) is 5.11. The molecule has 0 atom stereocenters. The van der Waals surface area contributed by atoms with E-state index < -0.39 is 0 Å². The minimum atomic E-state index is 0.211. The number of nitrogens with zero attached hydrogens (tertiary/aromatic N) is 1. The Morgan fingerprint density at radius 3 is 2.86 bits per heavy atom. The summed E-state index contributed by atoms with van der Waals surface area (Å²) in [5, 5.41) is 8.57. The van der Waals surface area contributed by atoms with Crippen molar-refractivity contribution in [3.8, 4) is 5.75 Å². The zero-order valence-corrected chi connectivity index (χ0v) is 3.70. The fourth-order valence-electron chi connectivity index (χ4n) is 0.354. The maximum atomic E-state index is 8.57. The molecule has 1 N–H and O–H groups in total. The van der Waals surface area contributed by atoms with Gasteiger partial charge in [-0.05, 0) is 12.1 Å². The van der Waals surface area contributed by atoms with Gasteiger partial charge < -0.3 is 5.11 Å². The van der Waals surface area contributed by atoms with Gasteiger partial charge in [0.2, 0.25) is 0 Å². The lowest BCUT2D eigenvalue weighted by Crippen LogP contribution is -1.64. The van der Waals surface area contributed by atoms with E-state index in [1.54, 1.807) is 18.3 Å². The van der Waals surface area contributed by atoms with Crippen molar-refractivity contribution in [2.24, 2.45) is 0 Å². The van der Waals surface area contributed by atoms with E-state index in [1.807, 2.05) is 0 Å². The summed E-state index contributed by atoms with van der Waals surface area (Å²) < 4.78 is 0. The fraction of sp³-hybridized carbons (Fsp3) is 0. The monoisotopic (exact) mass is 97.0 g/mol. The Balaban J connectivity index is 3.02. The normalized spacial score (nSPS) is 8.57. The maximum Gasteiger partial charge on any atom is 0.133 e. The molecule has 0 aliphatic heterocycles. The summed E-state index contributed by atoms with van der Waals surface area (Å²) in [4.78, 5) is 3.63. The largest absolute Gasteiger partial charge is 0.506 e. The van der Waals surface area contributed by atoms with Gasteiger partial charge in [0.15, 0.2) is 0 Å². The molecule has 0 bridgehead atoms. The molecule has 1 aromatic rings. The summed E-state index contributed by atoms with van der Waals surface area (Å²) in [5.41, 5.74) is 0. The number of hydrogen-bond acceptors (Lipinski definition) is 2. The molecule has 1 aromatic heterocycles. The van der Waals surface area contributed by atoms with E-state index in [0.29, 0.717) is 0 Å². The van der Waals surface area contributed by atoms with Crippen LogP contribution in [-0.4, -0.2) is 10.1 Å². The Hall–Kier alpha value is -1.05. The number of aromatic hydroxyl groups is 1. The molecule has 0 unspecified atom stereocenters. The molecule has 0 amide bonds. The number of hydrogen-bond donors (Lipinski definition) is 1. The molecule has 0 radical (unpaired) electrons. The molecule has 0 spiro atoms. The smallest absolute Gasteiger partial charge is 0.133 e. The van der Waals surface area contributed by atoms with E-state index >= 15 is 0 Å². The number of rotatable bonds is 0. The molecule has 36 valence electrons. The fourth-order valence-corrected chi connectivity index (χ4v) is 0.354. The van der Waals surface area contributed by atoms with Crippen LogP contribution < -0.4 is 0 Å². The van der Waals surface area contributed by atoms with Crippen LogP contribution in [-0.2, 0) is 0 Å². The highest BCUT2D eigenvalue weighted by Crippen LogP contribution is 1.99. The van der Waals surface area contributed by atoms with Crippen LogP contribution in [0.1, 0.15) is 0 Å². The van der Waals surface area contributed by atoms with E-state index in [2.05, 4.69) is 4.98 Å². The predicted octanol–water partition coefficient (Wildman–Crippen LogP) is 0.787. The second-order valence-electron chi connectivity index (χ2n) is 1.21. The van der Waals surface area contributed by atoms with Gasteiger partial charge >= 0.3 is 0 Å². The molecule has 0 saturated carbocycles. The average molecular weight is 97.1 g/mol. The average Bonchev–Trinajstić information content (AvgIpc) is 1.69. The maximum absolute atomic E-state index is 8.57. The molecule has 1 rings (SSSR count). The molecule has 0 aliphatic carbocycles. The van der Waals surface area contributed by atoms with E-state index in [-0.39, 0.29) is 5.75 Å². The molecule has 1 heterocycles. The number of aromatic nitrogens is 1. The lowest BCUT2D eigenvalue weighted by molar-refractivity contribution is 0.472. The van der Waals surface area contributed by atoms with Crippen LogP contribution in [0.2, 0.25) is 0 Å². The van der Waals surface area contributed by atoms with Crippen LogP contribution in [0.5, 0.6) is 5.75 Å². The Bertz CT molecular complexity index is 138. The highest BCUT2D eigenvalue weighted by Gasteiger charge is 1.76. The van der Waals surface area contributed by atoms with Crippen molar-refractivity contribution in [3.05, 3.63) is 24.5 Å². The van der Waals surface area contributed by atoms with Gasteiger partial charge in [-0.1, -0.05) is 0 Å². The van der Waals surface area contributed by atoms with Crippen LogP contribution in [0, 0.1) is 0 Å². The van der Waals surface area contributed by atoms with E-state index in [9.17, 15) is 0 Å². The van der Waals surface area contributed by atoms with Crippen molar-refractivity contribution in [2.45, 2.75) is 0 Å². The molecular formula is C5H5NO. The Morgan fingerprint density at radius 2 is 2.57 bits per heavy atom. The highest BCUT2D eigenvalue weighted by molar-refractivity contribution is 5.12. The summed E-state index contributed by atoms with van der Waals surface area (Å²) in [6, 6.07) is 3.25. The van der Waals surface area contributed by atoms with Crippen LogP contribution in [0.25, 0.3) is 0 Å². The molecular weight excluding hydrogens is 92.1 g/mol. The highest BCUT2D eigenvalue weighted by atomic mass is 16.3. The predicted molar refractivity (Wildman–Crippen MR) is 25.9 cm³/mol. The Labute approximate surface area is 41.4 Å². The van der Waals surface area contributed by atoms with Crippen molar-refractivity contribution in [2.75, 3.05) is 0 Å². The molecule has 0 fully saturated rings. The molecule has 2 heteroatoms. The van der Waals surface area contributed by atoms with Crippen molar-refractivity contribution < 1.29 is 5.11 Å².